The monoisotopic (exact) mass is 169 g/mol. The lowest BCUT2D eigenvalue weighted by atomic mass is 10.2. The van der Waals surface area contributed by atoms with E-state index in [0.29, 0.717) is 0 Å². The first kappa shape index (κ1) is 10.4. The van der Waals surface area contributed by atoms with Gasteiger partial charge in [-0.1, -0.05) is 0 Å². The first-order valence-corrected chi connectivity index (χ1v) is 3.48. The van der Waals surface area contributed by atoms with E-state index in [1.807, 2.05) is 0 Å². The second-order valence-corrected chi connectivity index (χ2v) is 2.48. The first-order valence-electron chi connectivity index (χ1n) is 3.48. The summed E-state index contributed by atoms with van der Waals surface area (Å²) in [6, 6.07) is 1.02. The molecule has 0 aromatic rings. The smallest absolute Gasteiger partial charge is 0.239 e. The molecule has 5 heteroatoms. The molecule has 0 saturated heterocycles. The molecule has 0 heterocycles. The number of nitrogens with zero attached hydrogens (tertiary/aromatic N) is 1. The standard InChI is InChI=1S/C7H11N3O2/c1-4(3-8)7(12)10-5(2)6(9)11/h4-5H,1-2H3,(H2,9,11)(H,10,12)/t4?,5-/m0/s1. The summed E-state index contributed by atoms with van der Waals surface area (Å²) in [4.78, 5) is 21.4. The Kier molecular flexibility index (Phi) is 3.77. The zero-order valence-corrected chi connectivity index (χ0v) is 7.00. The van der Waals surface area contributed by atoms with Crippen molar-refractivity contribution in [1.82, 2.24) is 5.32 Å². The third-order valence-electron chi connectivity index (χ3n) is 1.37. The number of hydrogen-bond acceptors (Lipinski definition) is 3. The fourth-order valence-electron chi connectivity index (χ4n) is 0.468. The van der Waals surface area contributed by atoms with Crippen LogP contribution >= 0.6 is 0 Å². The molecule has 12 heavy (non-hydrogen) atoms. The maximum Gasteiger partial charge on any atom is 0.239 e. The van der Waals surface area contributed by atoms with Gasteiger partial charge in [-0.05, 0) is 13.8 Å². The zero-order chi connectivity index (χ0) is 9.72. The highest BCUT2D eigenvalue weighted by molar-refractivity contribution is 5.88. The van der Waals surface area contributed by atoms with Crippen molar-refractivity contribution in [3.05, 3.63) is 0 Å². The lowest BCUT2D eigenvalue weighted by Gasteiger charge is -2.10. The van der Waals surface area contributed by atoms with E-state index < -0.39 is 23.8 Å². The normalized spacial score (nSPS) is 14.1. The van der Waals surface area contributed by atoms with E-state index in [9.17, 15) is 9.59 Å². The summed E-state index contributed by atoms with van der Waals surface area (Å²) >= 11 is 0. The van der Waals surface area contributed by atoms with Crippen LogP contribution in [-0.4, -0.2) is 17.9 Å². The van der Waals surface area contributed by atoms with Crippen LogP contribution in [0.4, 0.5) is 0 Å². The Morgan fingerprint density at radius 3 is 2.33 bits per heavy atom. The maximum atomic E-state index is 10.9. The third kappa shape index (κ3) is 3.01. The molecule has 1 unspecified atom stereocenters. The van der Waals surface area contributed by atoms with Crippen molar-refractivity contribution in [2.24, 2.45) is 11.7 Å². The molecule has 0 saturated carbocycles. The highest BCUT2D eigenvalue weighted by Crippen LogP contribution is 1.92. The van der Waals surface area contributed by atoms with Crippen LogP contribution in [-0.2, 0) is 9.59 Å². The van der Waals surface area contributed by atoms with Gasteiger partial charge in [0.15, 0.2) is 0 Å². The topological polar surface area (TPSA) is 96.0 Å². The Bertz CT molecular complexity index is 231. The summed E-state index contributed by atoms with van der Waals surface area (Å²) < 4.78 is 0. The quantitative estimate of drug-likeness (QED) is 0.575. The van der Waals surface area contributed by atoms with Gasteiger partial charge in [0.2, 0.25) is 11.8 Å². The number of nitrogens with two attached hydrogens (primary N) is 1. The lowest BCUT2D eigenvalue weighted by Crippen LogP contribution is -2.43. The molecule has 0 rings (SSSR count). The van der Waals surface area contributed by atoms with Gasteiger partial charge in [-0.15, -0.1) is 0 Å². The summed E-state index contributed by atoms with van der Waals surface area (Å²) in [7, 11) is 0. The number of carbonyl (C=O) groups excluding carboxylic acids is 2. The van der Waals surface area contributed by atoms with Crippen molar-refractivity contribution in [2.45, 2.75) is 19.9 Å². The summed E-state index contributed by atoms with van der Waals surface area (Å²) in [5.74, 6) is -1.86. The molecule has 0 aliphatic carbocycles. The Labute approximate surface area is 70.5 Å². The Hall–Kier alpha value is -1.57. The minimum atomic E-state index is -0.758. The summed E-state index contributed by atoms with van der Waals surface area (Å²) in [6.45, 7) is 2.91. The molecule has 0 aromatic heterocycles. The predicted molar refractivity (Wildman–Crippen MR) is 41.6 cm³/mol. The highest BCUT2D eigenvalue weighted by Gasteiger charge is 2.16. The number of carbonyl (C=O) groups is 2. The molecule has 2 atom stereocenters. The van der Waals surface area contributed by atoms with E-state index in [1.54, 1.807) is 6.07 Å². The van der Waals surface area contributed by atoms with E-state index in [2.05, 4.69) is 5.32 Å². The number of nitrogens with one attached hydrogen (secondary N) is 1. The van der Waals surface area contributed by atoms with Gasteiger partial charge in [-0.2, -0.15) is 5.26 Å². The average Bonchev–Trinajstić information content (AvgIpc) is 2.02. The van der Waals surface area contributed by atoms with E-state index in [-0.39, 0.29) is 0 Å². The fourth-order valence-corrected chi connectivity index (χ4v) is 0.468. The molecular weight excluding hydrogens is 158 g/mol. The molecule has 0 radical (unpaired) electrons. The minimum Gasteiger partial charge on any atom is -0.368 e. The Balaban J connectivity index is 4.03. The number of hydrogen-bond donors (Lipinski definition) is 2. The summed E-state index contributed by atoms with van der Waals surface area (Å²) in [6.07, 6.45) is 0. The number of primary amides is 1. The molecule has 2 amide bonds. The van der Waals surface area contributed by atoms with Crippen LogP contribution in [0.2, 0.25) is 0 Å². The predicted octanol–water partition coefficient (Wildman–Crippen LogP) is -0.864. The van der Waals surface area contributed by atoms with E-state index in [4.69, 9.17) is 11.0 Å². The van der Waals surface area contributed by atoms with Crippen LogP contribution in [0.3, 0.4) is 0 Å². The Morgan fingerprint density at radius 1 is 1.50 bits per heavy atom. The second kappa shape index (κ2) is 4.34. The minimum absolute atomic E-state index is 0.483. The molecule has 0 aliphatic heterocycles. The van der Waals surface area contributed by atoms with Gasteiger partial charge in [0.05, 0.1) is 6.07 Å². The van der Waals surface area contributed by atoms with Gasteiger partial charge < -0.3 is 11.1 Å². The van der Waals surface area contributed by atoms with Crippen LogP contribution in [0.25, 0.3) is 0 Å². The van der Waals surface area contributed by atoms with Gasteiger partial charge in [0.25, 0.3) is 0 Å². The molecule has 66 valence electrons. The molecule has 0 bridgehead atoms. The fraction of sp³-hybridized carbons (Fsp3) is 0.571. The highest BCUT2D eigenvalue weighted by atomic mass is 16.2. The Morgan fingerprint density at radius 2 is 2.00 bits per heavy atom. The van der Waals surface area contributed by atoms with Crippen LogP contribution in [0, 0.1) is 17.2 Å². The first-order chi connectivity index (χ1) is 5.49. The summed E-state index contributed by atoms with van der Waals surface area (Å²) in [5, 5.41) is 10.6. The number of nitriles is 1. The average molecular weight is 169 g/mol. The molecule has 0 spiro atoms. The third-order valence-corrected chi connectivity index (χ3v) is 1.37. The molecule has 0 aliphatic rings. The van der Waals surface area contributed by atoms with E-state index in [1.165, 1.54) is 13.8 Å². The van der Waals surface area contributed by atoms with Crippen molar-refractivity contribution < 1.29 is 9.59 Å². The van der Waals surface area contributed by atoms with Gasteiger partial charge >= 0.3 is 0 Å². The van der Waals surface area contributed by atoms with Crippen molar-refractivity contribution >= 4 is 11.8 Å². The molecule has 0 aromatic carbocycles. The van der Waals surface area contributed by atoms with Crippen molar-refractivity contribution in [1.29, 1.82) is 5.26 Å². The zero-order valence-electron chi connectivity index (χ0n) is 7.00. The van der Waals surface area contributed by atoms with Crippen molar-refractivity contribution in [3.63, 3.8) is 0 Å². The lowest BCUT2D eigenvalue weighted by molar-refractivity contribution is -0.128. The van der Waals surface area contributed by atoms with Crippen LogP contribution in [0.1, 0.15) is 13.8 Å². The number of rotatable bonds is 3. The summed E-state index contributed by atoms with van der Waals surface area (Å²) in [5.41, 5.74) is 4.89. The van der Waals surface area contributed by atoms with Crippen LogP contribution in [0.15, 0.2) is 0 Å². The van der Waals surface area contributed by atoms with Gasteiger partial charge in [-0.25, -0.2) is 0 Å². The number of amides is 2. The van der Waals surface area contributed by atoms with Crippen LogP contribution < -0.4 is 11.1 Å². The second-order valence-electron chi connectivity index (χ2n) is 2.48. The van der Waals surface area contributed by atoms with E-state index in [0.717, 1.165) is 0 Å². The largest absolute Gasteiger partial charge is 0.368 e. The SMILES string of the molecule is CC(C#N)C(=O)N[C@@H](C)C(N)=O. The van der Waals surface area contributed by atoms with Crippen LogP contribution in [0.5, 0.6) is 0 Å². The molecule has 5 nitrogen and oxygen atoms in total. The maximum absolute atomic E-state index is 10.9. The van der Waals surface area contributed by atoms with Gasteiger partial charge in [0.1, 0.15) is 12.0 Å². The molecule has 0 fully saturated rings. The van der Waals surface area contributed by atoms with E-state index >= 15 is 0 Å². The van der Waals surface area contributed by atoms with Gasteiger partial charge in [0, 0.05) is 0 Å². The van der Waals surface area contributed by atoms with Gasteiger partial charge in [-0.3, -0.25) is 9.59 Å². The van der Waals surface area contributed by atoms with Crippen molar-refractivity contribution in [3.8, 4) is 6.07 Å². The molecule has 3 N–H and O–H groups in total. The van der Waals surface area contributed by atoms with Crippen molar-refractivity contribution in [2.75, 3.05) is 0 Å². The molecular formula is C7H11N3O2.